The van der Waals surface area contributed by atoms with Gasteiger partial charge >= 0.3 is 0 Å². The van der Waals surface area contributed by atoms with Crippen LogP contribution in [0.3, 0.4) is 0 Å². The van der Waals surface area contributed by atoms with Gasteiger partial charge in [-0.05, 0) is 12.1 Å². The third-order valence-corrected chi connectivity index (χ3v) is 5.95. The molecule has 4 aromatic rings. The number of piperazine rings is 1. The standard InChI is InChI=1S/C24H26FN7O2/c1-31-14-28-17-10-15(4-5-19(17)31)23-16(25)13-27-24(30-23)29-18-11-22(34-3)20(12-21(18)33-2)32-8-6-26-7-9-32/h4-5,10-14,26H,6-9H2,1-3H3,(H,27,29,30). The van der Waals surface area contributed by atoms with Gasteiger partial charge in [0.1, 0.15) is 17.2 Å². The van der Waals surface area contributed by atoms with Crippen molar-refractivity contribution >= 4 is 28.4 Å². The number of hydrogen-bond acceptors (Lipinski definition) is 8. The molecule has 0 spiro atoms. The minimum Gasteiger partial charge on any atom is -0.494 e. The molecule has 0 radical (unpaired) electrons. The van der Waals surface area contributed by atoms with Crippen molar-refractivity contribution in [1.82, 2.24) is 24.8 Å². The summed E-state index contributed by atoms with van der Waals surface area (Å²) < 4.78 is 27.9. The van der Waals surface area contributed by atoms with Crippen LogP contribution in [-0.2, 0) is 7.05 Å². The van der Waals surface area contributed by atoms with Crippen molar-refractivity contribution in [3.8, 4) is 22.8 Å². The highest BCUT2D eigenvalue weighted by Gasteiger charge is 2.20. The van der Waals surface area contributed by atoms with Crippen LogP contribution < -0.4 is 25.0 Å². The molecule has 2 aromatic heterocycles. The molecule has 0 amide bonds. The summed E-state index contributed by atoms with van der Waals surface area (Å²) >= 11 is 0. The van der Waals surface area contributed by atoms with Gasteiger partial charge < -0.3 is 29.6 Å². The fourth-order valence-electron chi connectivity index (χ4n) is 4.17. The van der Waals surface area contributed by atoms with Crippen LogP contribution in [0.5, 0.6) is 11.5 Å². The van der Waals surface area contributed by atoms with Crippen molar-refractivity contribution in [2.45, 2.75) is 0 Å². The van der Waals surface area contributed by atoms with Crippen LogP contribution >= 0.6 is 0 Å². The van der Waals surface area contributed by atoms with Crippen molar-refractivity contribution in [2.24, 2.45) is 7.05 Å². The Morgan fingerprint density at radius 3 is 2.59 bits per heavy atom. The third-order valence-electron chi connectivity index (χ3n) is 5.95. The number of anilines is 3. The first-order valence-corrected chi connectivity index (χ1v) is 11.0. The molecule has 2 aromatic carbocycles. The number of nitrogens with one attached hydrogen (secondary N) is 2. The molecule has 34 heavy (non-hydrogen) atoms. The number of methoxy groups -OCH3 is 2. The van der Waals surface area contributed by atoms with E-state index in [1.165, 1.54) is 0 Å². The Labute approximate surface area is 196 Å². The normalized spacial score (nSPS) is 13.8. The van der Waals surface area contributed by atoms with Gasteiger partial charge in [0.05, 0.1) is 49.2 Å². The third kappa shape index (κ3) is 4.08. The fourth-order valence-corrected chi connectivity index (χ4v) is 4.17. The lowest BCUT2D eigenvalue weighted by molar-refractivity contribution is 0.403. The monoisotopic (exact) mass is 463 g/mol. The average molecular weight is 464 g/mol. The molecule has 0 saturated carbocycles. The molecule has 0 atom stereocenters. The first-order valence-electron chi connectivity index (χ1n) is 11.0. The number of ether oxygens (including phenoxy) is 2. The van der Waals surface area contributed by atoms with Gasteiger partial charge in [0.2, 0.25) is 5.95 Å². The molecule has 0 unspecified atom stereocenters. The Balaban J connectivity index is 1.49. The van der Waals surface area contributed by atoms with E-state index in [0.29, 0.717) is 22.7 Å². The molecule has 3 heterocycles. The summed E-state index contributed by atoms with van der Waals surface area (Å²) in [5.41, 5.74) is 4.10. The number of aryl methyl sites for hydroxylation is 1. The Morgan fingerprint density at radius 2 is 1.82 bits per heavy atom. The van der Waals surface area contributed by atoms with Crippen LogP contribution in [0.25, 0.3) is 22.3 Å². The van der Waals surface area contributed by atoms with Gasteiger partial charge in [-0.15, -0.1) is 0 Å². The molecule has 1 aliphatic rings. The smallest absolute Gasteiger partial charge is 0.228 e. The highest BCUT2D eigenvalue weighted by Crippen LogP contribution is 2.39. The zero-order valence-electron chi connectivity index (χ0n) is 19.3. The number of aromatic nitrogens is 4. The van der Waals surface area contributed by atoms with Crippen molar-refractivity contribution < 1.29 is 13.9 Å². The number of nitrogens with zero attached hydrogens (tertiary/aromatic N) is 5. The Morgan fingerprint density at radius 1 is 1.03 bits per heavy atom. The Hall–Kier alpha value is -3.92. The van der Waals surface area contributed by atoms with E-state index in [-0.39, 0.29) is 11.6 Å². The molecular formula is C24H26FN7O2. The summed E-state index contributed by atoms with van der Waals surface area (Å²) in [6.45, 7) is 3.55. The lowest BCUT2D eigenvalue weighted by Gasteiger charge is -2.31. The minimum absolute atomic E-state index is 0.188. The van der Waals surface area contributed by atoms with Crippen LogP contribution in [0.15, 0.2) is 42.9 Å². The SMILES string of the molecule is COc1cc(N2CCNCC2)c(OC)cc1Nc1ncc(F)c(-c2ccc3c(c2)ncn3C)n1. The molecular weight excluding hydrogens is 437 g/mol. The molecule has 0 aliphatic carbocycles. The number of benzene rings is 2. The van der Waals surface area contributed by atoms with Crippen LogP contribution in [0.4, 0.5) is 21.7 Å². The lowest BCUT2D eigenvalue weighted by Crippen LogP contribution is -2.43. The Bertz CT molecular complexity index is 1330. The molecule has 0 bridgehead atoms. The second-order valence-electron chi connectivity index (χ2n) is 8.04. The summed E-state index contributed by atoms with van der Waals surface area (Å²) in [5.74, 6) is 1.04. The van der Waals surface area contributed by atoms with Gasteiger partial charge in [-0.2, -0.15) is 0 Å². The van der Waals surface area contributed by atoms with Gasteiger partial charge in [0.25, 0.3) is 0 Å². The van der Waals surface area contributed by atoms with E-state index in [4.69, 9.17) is 9.47 Å². The van der Waals surface area contributed by atoms with Crippen LogP contribution in [-0.4, -0.2) is 59.9 Å². The lowest BCUT2D eigenvalue weighted by atomic mass is 10.1. The van der Waals surface area contributed by atoms with Crippen molar-refractivity contribution in [3.63, 3.8) is 0 Å². The van der Waals surface area contributed by atoms with Gasteiger partial charge in [-0.1, -0.05) is 6.07 Å². The molecule has 10 heteroatoms. The first-order chi connectivity index (χ1) is 16.6. The molecule has 5 rings (SSSR count). The van der Waals surface area contributed by atoms with E-state index in [2.05, 4.69) is 30.5 Å². The zero-order valence-corrected chi connectivity index (χ0v) is 19.3. The van der Waals surface area contributed by atoms with Crippen molar-refractivity contribution in [1.29, 1.82) is 0 Å². The van der Waals surface area contributed by atoms with E-state index >= 15 is 0 Å². The number of hydrogen-bond donors (Lipinski definition) is 2. The molecule has 1 saturated heterocycles. The van der Waals surface area contributed by atoms with E-state index < -0.39 is 5.82 Å². The maximum atomic E-state index is 14.7. The predicted octanol–water partition coefficient (Wildman–Crippen LogP) is 3.34. The highest BCUT2D eigenvalue weighted by atomic mass is 19.1. The van der Waals surface area contributed by atoms with Crippen LogP contribution in [0.2, 0.25) is 0 Å². The summed E-state index contributed by atoms with van der Waals surface area (Å²) in [6.07, 6.45) is 2.88. The topological polar surface area (TPSA) is 89.4 Å². The van der Waals surface area contributed by atoms with Crippen LogP contribution in [0.1, 0.15) is 0 Å². The minimum atomic E-state index is -0.514. The van der Waals surface area contributed by atoms with Crippen molar-refractivity contribution in [2.75, 3.05) is 50.6 Å². The second-order valence-corrected chi connectivity index (χ2v) is 8.04. The highest BCUT2D eigenvalue weighted by molar-refractivity contribution is 5.81. The number of halogens is 1. The molecule has 176 valence electrons. The first kappa shape index (κ1) is 21.9. The van der Waals surface area contributed by atoms with E-state index in [1.54, 1.807) is 20.5 Å². The predicted molar refractivity (Wildman–Crippen MR) is 130 cm³/mol. The zero-order chi connectivity index (χ0) is 23.7. The van der Waals surface area contributed by atoms with E-state index in [9.17, 15) is 4.39 Å². The fraction of sp³-hybridized carbons (Fsp3) is 0.292. The summed E-state index contributed by atoms with van der Waals surface area (Å²) in [6, 6.07) is 9.32. The number of fused-ring (bicyclic) bond motifs is 1. The number of rotatable bonds is 6. The maximum Gasteiger partial charge on any atom is 0.228 e. The summed E-state index contributed by atoms with van der Waals surface area (Å²) in [5, 5.41) is 6.51. The number of imidazole rings is 1. The van der Waals surface area contributed by atoms with Gasteiger partial charge in [0.15, 0.2) is 5.82 Å². The van der Waals surface area contributed by atoms with Gasteiger partial charge in [-0.3, -0.25) is 0 Å². The molecule has 2 N–H and O–H groups in total. The quantitative estimate of drug-likeness (QED) is 0.450. The second kappa shape index (κ2) is 9.14. The summed E-state index contributed by atoms with van der Waals surface area (Å²) in [4.78, 5) is 15.2. The van der Waals surface area contributed by atoms with Crippen molar-refractivity contribution in [3.05, 3.63) is 48.7 Å². The molecule has 1 aliphatic heterocycles. The average Bonchev–Trinajstić information content (AvgIpc) is 3.25. The largest absolute Gasteiger partial charge is 0.494 e. The van der Waals surface area contributed by atoms with Crippen LogP contribution in [0, 0.1) is 5.82 Å². The van der Waals surface area contributed by atoms with E-state index in [1.807, 2.05) is 41.9 Å². The van der Waals surface area contributed by atoms with Gasteiger partial charge in [0, 0.05) is 50.9 Å². The molecule has 9 nitrogen and oxygen atoms in total. The summed E-state index contributed by atoms with van der Waals surface area (Å²) in [7, 11) is 5.16. The van der Waals surface area contributed by atoms with E-state index in [0.717, 1.165) is 49.1 Å². The Kier molecular flexibility index (Phi) is 5.89. The maximum absolute atomic E-state index is 14.7. The molecule has 1 fully saturated rings. The van der Waals surface area contributed by atoms with Gasteiger partial charge in [-0.25, -0.2) is 19.3 Å².